The first-order valence-electron chi connectivity index (χ1n) is 7.93. The van der Waals surface area contributed by atoms with E-state index in [4.69, 9.17) is 0 Å². The van der Waals surface area contributed by atoms with Crippen LogP contribution in [0.1, 0.15) is 58.6 Å². The third-order valence-electron chi connectivity index (χ3n) is 4.55. The number of nitrogens with one attached hydrogen (secondary N) is 1. The minimum atomic E-state index is 0.187. The summed E-state index contributed by atoms with van der Waals surface area (Å²) in [7, 11) is 0. The van der Waals surface area contributed by atoms with E-state index in [1.165, 1.54) is 19.3 Å². The average Bonchev–Trinajstić information content (AvgIpc) is 2.79. The number of nitrogens with zero attached hydrogens (tertiary/aromatic N) is 1. The molecule has 0 bridgehead atoms. The molecule has 3 nitrogen and oxygen atoms in total. The van der Waals surface area contributed by atoms with Gasteiger partial charge in [0.2, 0.25) is 0 Å². The lowest BCUT2D eigenvalue weighted by molar-refractivity contribution is 0.454. The van der Waals surface area contributed by atoms with Crippen molar-refractivity contribution in [3.63, 3.8) is 0 Å². The monoisotopic (exact) mass is 276 g/mol. The quantitative estimate of drug-likeness (QED) is 0.858. The third kappa shape index (κ3) is 2.93. The number of hydrogen-bond acceptors (Lipinski definition) is 3. The van der Waals surface area contributed by atoms with Crippen LogP contribution in [0.3, 0.4) is 0 Å². The Bertz CT molecular complexity index is 447. The summed E-state index contributed by atoms with van der Waals surface area (Å²) in [4.78, 5) is 2.47. The topological polar surface area (TPSA) is 35.5 Å². The number of phenols is 1. The zero-order valence-corrected chi connectivity index (χ0v) is 13.2. The normalized spacial score (nSPS) is 24.1. The molecule has 1 saturated heterocycles. The Balaban J connectivity index is 2.24. The highest BCUT2D eigenvalue weighted by Crippen LogP contribution is 2.35. The molecule has 1 aromatic rings. The van der Waals surface area contributed by atoms with E-state index >= 15 is 0 Å². The lowest BCUT2D eigenvalue weighted by Gasteiger charge is -2.31. The fraction of sp³-hybridized carbons (Fsp3) is 0.647. The predicted molar refractivity (Wildman–Crippen MR) is 85.5 cm³/mol. The van der Waals surface area contributed by atoms with Crippen molar-refractivity contribution in [2.45, 2.75) is 65.1 Å². The molecule has 3 atom stereocenters. The maximum absolute atomic E-state index is 10.3. The molecule has 2 rings (SSSR count). The minimum absolute atomic E-state index is 0.187. The van der Waals surface area contributed by atoms with Gasteiger partial charge in [0, 0.05) is 35.4 Å². The number of hydrogen-bond donors (Lipinski definition) is 2. The number of phenolic OH excluding ortho intramolecular Hbond substituents is 1. The molecule has 112 valence electrons. The molecule has 2 N–H and O–H groups in total. The van der Waals surface area contributed by atoms with Crippen molar-refractivity contribution in [3.05, 3.63) is 23.8 Å². The highest BCUT2D eigenvalue weighted by Gasteiger charge is 2.29. The van der Waals surface area contributed by atoms with Gasteiger partial charge in [0.1, 0.15) is 5.75 Å². The van der Waals surface area contributed by atoms with Crippen LogP contribution < -0.4 is 10.2 Å². The van der Waals surface area contributed by atoms with Crippen molar-refractivity contribution in [1.29, 1.82) is 0 Å². The van der Waals surface area contributed by atoms with Crippen molar-refractivity contribution >= 4 is 5.69 Å². The van der Waals surface area contributed by atoms with Gasteiger partial charge in [-0.3, -0.25) is 0 Å². The average molecular weight is 276 g/mol. The lowest BCUT2D eigenvalue weighted by Crippen LogP contribution is -2.34. The van der Waals surface area contributed by atoms with Gasteiger partial charge in [-0.15, -0.1) is 0 Å². The van der Waals surface area contributed by atoms with Crippen molar-refractivity contribution < 1.29 is 5.11 Å². The Labute approximate surface area is 123 Å². The van der Waals surface area contributed by atoms with Crippen LogP contribution in [-0.2, 0) is 0 Å². The first kappa shape index (κ1) is 15.2. The largest absolute Gasteiger partial charge is 0.508 e. The van der Waals surface area contributed by atoms with Crippen LogP contribution >= 0.6 is 0 Å². The van der Waals surface area contributed by atoms with Gasteiger partial charge in [-0.05, 0) is 45.7 Å². The van der Waals surface area contributed by atoms with Crippen LogP contribution in [-0.4, -0.2) is 23.7 Å². The molecule has 0 aliphatic carbocycles. The van der Waals surface area contributed by atoms with Crippen LogP contribution in [0.4, 0.5) is 5.69 Å². The summed E-state index contributed by atoms with van der Waals surface area (Å²) < 4.78 is 0. The fourth-order valence-corrected chi connectivity index (χ4v) is 3.41. The van der Waals surface area contributed by atoms with E-state index in [1.807, 2.05) is 6.07 Å². The summed E-state index contributed by atoms with van der Waals surface area (Å²) in [5.41, 5.74) is 2.14. The molecule has 0 amide bonds. The summed E-state index contributed by atoms with van der Waals surface area (Å²) in [5.74, 6) is 0.407. The van der Waals surface area contributed by atoms with E-state index in [-0.39, 0.29) is 6.04 Å². The molecule has 1 aromatic carbocycles. The summed E-state index contributed by atoms with van der Waals surface area (Å²) in [6.45, 7) is 9.60. The van der Waals surface area contributed by atoms with Crippen LogP contribution in [0.25, 0.3) is 0 Å². The smallest absolute Gasteiger partial charge is 0.122 e. The number of anilines is 1. The minimum Gasteiger partial charge on any atom is -0.508 e. The molecule has 0 spiro atoms. The summed E-state index contributed by atoms with van der Waals surface area (Å²) in [5, 5.41) is 13.7. The van der Waals surface area contributed by atoms with E-state index < -0.39 is 0 Å². The first-order chi connectivity index (χ1) is 9.58. The van der Waals surface area contributed by atoms with Crippen molar-refractivity contribution in [2.75, 3.05) is 11.4 Å². The second-order valence-corrected chi connectivity index (χ2v) is 5.92. The van der Waals surface area contributed by atoms with Crippen LogP contribution in [0.15, 0.2) is 18.2 Å². The highest BCUT2D eigenvalue weighted by atomic mass is 16.3. The van der Waals surface area contributed by atoms with Crippen LogP contribution in [0.5, 0.6) is 5.75 Å². The molecule has 1 aliphatic rings. The molecule has 0 saturated carbocycles. The number of aromatic hydroxyl groups is 1. The van der Waals surface area contributed by atoms with E-state index in [0.29, 0.717) is 17.8 Å². The van der Waals surface area contributed by atoms with Gasteiger partial charge in [0.15, 0.2) is 0 Å². The lowest BCUT2D eigenvalue weighted by atomic mass is 10.1. The SMILES string of the molecule is CCNC(C)c1ccc(N2C(C)CCC2CC)cc1O. The van der Waals surface area contributed by atoms with Crippen molar-refractivity contribution in [3.8, 4) is 5.75 Å². The van der Waals surface area contributed by atoms with Gasteiger partial charge in [0.05, 0.1) is 0 Å². The molecular formula is C17H28N2O. The van der Waals surface area contributed by atoms with Gasteiger partial charge >= 0.3 is 0 Å². The number of benzene rings is 1. The van der Waals surface area contributed by atoms with Gasteiger partial charge in [-0.1, -0.05) is 19.9 Å². The highest BCUT2D eigenvalue weighted by molar-refractivity contribution is 5.56. The first-order valence-corrected chi connectivity index (χ1v) is 7.93. The Kier molecular flexibility index (Phi) is 4.92. The van der Waals surface area contributed by atoms with Gasteiger partial charge < -0.3 is 15.3 Å². The second-order valence-electron chi connectivity index (χ2n) is 5.92. The Morgan fingerprint density at radius 3 is 2.70 bits per heavy atom. The predicted octanol–water partition coefficient (Wildman–Crippen LogP) is 3.83. The third-order valence-corrected chi connectivity index (χ3v) is 4.55. The Morgan fingerprint density at radius 1 is 1.35 bits per heavy atom. The van der Waals surface area contributed by atoms with Crippen LogP contribution in [0, 0.1) is 0 Å². The zero-order valence-electron chi connectivity index (χ0n) is 13.2. The standard InChI is InChI=1S/C17H28N2O/c1-5-14-8-7-12(3)19(14)15-9-10-16(17(20)11-15)13(4)18-6-2/h9-14,18,20H,5-8H2,1-4H3. The van der Waals surface area contributed by atoms with Crippen molar-refractivity contribution in [1.82, 2.24) is 5.32 Å². The molecule has 0 aromatic heterocycles. The van der Waals surface area contributed by atoms with E-state index in [0.717, 1.165) is 17.8 Å². The van der Waals surface area contributed by atoms with Crippen LogP contribution in [0.2, 0.25) is 0 Å². The molecule has 1 aliphatic heterocycles. The van der Waals surface area contributed by atoms with Crippen molar-refractivity contribution in [2.24, 2.45) is 0 Å². The fourth-order valence-electron chi connectivity index (χ4n) is 3.41. The van der Waals surface area contributed by atoms with Gasteiger partial charge in [-0.2, -0.15) is 0 Å². The van der Waals surface area contributed by atoms with E-state index in [2.05, 4.69) is 50.0 Å². The maximum Gasteiger partial charge on any atom is 0.122 e. The molecule has 1 heterocycles. The summed E-state index contributed by atoms with van der Waals surface area (Å²) in [6.07, 6.45) is 3.67. The van der Waals surface area contributed by atoms with E-state index in [9.17, 15) is 5.11 Å². The molecule has 0 radical (unpaired) electrons. The second kappa shape index (κ2) is 6.49. The zero-order chi connectivity index (χ0) is 14.7. The molecule has 3 heteroatoms. The molecule has 3 unspecified atom stereocenters. The van der Waals surface area contributed by atoms with E-state index in [1.54, 1.807) is 0 Å². The Morgan fingerprint density at radius 2 is 2.10 bits per heavy atom. The number of rotatable bonds is 5. The Hall–Kier alpha value is -1.22. The molecular weight excluding hydrogens is 248 g/mol. The van der Waals surface area contributed by atoms with Gasteiger partial charge in [-0.25, -0.2) is 0 Å². The maximum atomic E-state index is 10.3. The molecule has 1 fully saturated rings. The molecule has 20 heavy (non-hydrogen) atoms. The summed E-state index contributed by atoms with van der Waals surface area (Å²) in [6, 6.07) is 7.53. The summed E-state index contributed by atoms with van der Waals surface area (Å²) >= 11 is 0. The van der Waals surface area contributed by atoms with Gasteiger partial charge in [0.25, 0.3) is 0 Å².